The fourth-order valence-electron chi connectivity index (χ4n) is 5.44. The van der Waals surface area contributed by atoms with Crippen LogP contribution in [0.4, 0.5) is 0 Å². The number of carbonyl (C=O) groups is 4. The summed E-state index contributed by atoms with van der Waals surface area (Å²) in [6.07, 6.45) is 11.5. The van der Waals surface area contributed by atoms with Gasteiger partial charge in [0.25, 0.3) is 23.6 Å². The second kappa shape index (κ2) is 20.1. The van der Waals surface area contributed by atoms with Crippen LogP contribution >= 0.6 is 0 Å². The molecule has 254 valence electrons. The van der Waals surface area contributed by atoms with Gasteiger partial charge in [-0.25, -0.2) is 0 Å². The quantitative estimate of drug-likeness (QED) is 0.0583. The van der Waals surface area contributed by atoms with Crippen molar-refractivity contribution in [3.05, 3.63) is 58.7 Å². The molecule has 2 rings (SSSR count). The molecule has 0 aliphatic heterocycles. The Morgan fingerprint density at radius 2 is 0.935 bits per heavy atom. The zero-order chi connectivity index (χ0) is 34.0. The van der Waals surface area contributed by atoms with E-state index in [1.165, 1.54) is 12.1 Å². The lowest BCUT2D eigenvalue weighted by Crippen LogP contribution is -2.58. The van der Waals surface area contributed by atoms with Gasteiger partial charge in [-0.1, -0.05) is 97.6 Å². The third-order valence-electron chi connectivity index (χ3n) is 8.36. The first-order chi connectivity index (χ1) is 22.1. The molecule has 0 spiro atoms. The molecule has 6 N–H and O–H groups in total. The van der Waals surface area contributed by atoms with Gasteiger partial charge < -0.3 is 10.2 Å². The highest BCUT2D eigenvalue weighted by molar-refractivity contribution is 6.07. The van der Waals surface area contributed by atoms with Crippen LogP contribution in [-0.4, -0.2) is 33.8 Å². The van der Waals surface area contributed by atoms with Gasteiger partial charge in [-0.15, -0.1) is 0 Å². The maximum Gasteiger partial charge on any atom is 0.273 e. The van der Waals surface area contributed by atoms with Crippen LogP contribution in [0, 0.1) is 5.41 Å². The van der Waals surface area contributed by atoms with Crippen LogP contribution in [0.1, 0.15) is 143 Å². The molecule has 0 unspecified atom stereocenters. The predicted molar refractivity (Wildman–Crippen MR) is 180 cm³/mol. The van der Waals surface area contributed by atoms with Crippen LogP contribution in [0.15, 0.2) is 36.4 Å². The number of benzene rings is 2. The first-order valence-corrected chi connectivity index (χ1v) is 17.0. The van der Waals surface area contributed by atoms with Gasteiger partial charge >= 0.3 is 0 Å². The minimum Gasteiger partial charge on any atom is -0.507 e. The topological polar surface area (TPSA) is 157 Å². The molecule has 0 saturated carbocycles. The minimum atomic E-state index is -1.60. The molecule has 0 aromatic heterocycles. The summed E-state index contributed by atoms with van der Waals surface area (Å²) in [5.74, 6) is -3.27. The van der Waals surface area contributed by atoms with E-state index in [1.54, 1.807) is 24.3 Å². The fraction of sp³-hybridized carbons (Fsp3) is 0.556. The first kappa shape index (κ1) is 38.1. The summed E-state index contributed by atoms with van der Waals surface area (Å²) in [5, 5.41) is 20.7. The third-order valence-corrected chi connectivity index (χ3v) is 8.36. The molecule has 0 heterocycles. The van der Waals surface area contributed by atoms with Crippen molar-refractivity contribution in [3.63, 3.8) is 0 Å². The number of aromatic hydroxyl groups is 2. The Labute approximate surface area is 274 Å². The number of hydrogen-bond acceptors (Lipinski definition) is 6. The molecule has 2 aromatic carbocycles. The molecule has 0 atom stereocenters. The van der Waals surface area contributed by atoms with Gasteiger partial charge in [-0.3, -0.25) is 40.9 Å². The Morgan fingerprint density at radius 3 is 1.35 bits per heavy atom. The summed E-state index contributed by atoms with van der Waals surface area (Å²) in [5.41, 5.74) is 9.88. The molecule has 2 aromatic rings. The molecule has 10 heteroatoms. The van der Waals surface area contributed by atoms with Gasteiger partial charge in [0, 0.05) is 0 Å². The summed E-state index contributed by atoms with van der Waals surface area (Å²) >= 11 is 0. The lowest BCUT2D eigenvalue weighted by atomic mass is 9.76. The second-order valence-corrected chi connectivity index (χ2v) is 12.1. The number of phenolic OH excluding ortho intramolecular Hbond substituents is 2. The molecule has 0 saturated heterocycles. The van der Waals surface area contributed by atoms with Crippen LogP contribution in [-0.2, 0) is 22.4 Å². The Bertz CT molecular complexity index is 1210. The summed E-state index contributed by atoms with van der Waals surface area (Å²) < 4.78 is 0. The number of amides is 4. The van der Waals surface area contributed by atoms with Crippen molar-refractivity contribution in [2.75, 3.05) is 0 Å². The normalized spacial score (nSPS) is 11.1. The molecule has 0 fully saturated rings. The van der Waals surface area contributed by atoms with E-state index >= 15 is 0 Å². The summed E-state index contributed by atoms with van der Waals surface area (Å²) in [6.45, 7) is 8.17. The Kier molecular flexibility index (Phi) is 16.7. The van der Waals surface area contributed by atoms with Crippen molar-refractivity contribution >= 4 is 23.6 Å². The number of carbonyl (C=O) groups excluding carboxylic acids is 4. The number of rotatable bonds is 19. The number of phenols is 2. The van der Waals surface area contributed by atoms with Crippen LogP contribution in [0.25, 0.3) is 0 Å². The second-order valence-electron chi connectivity index (χ2n) is 12.1. The van der Waals surface area contributed by atoms with Gasteiger partial charge in [0.15, 0.2) is 0 Å². The van der Waals surface area contributed by atoms with E-state index < -0.39 is 29.0 Å². The average Bonchev–Trinajstić information content (AvgIpc) is 3.05. The largest absolute Gasteiger partial charge is 0.507 e. The SMILES string of the molecule is CCCCCc1ccc(O)c(C(=O)NNC(=O)C(CCCC)(CCCCC)C(=O)NNC(=O)c2cc(CCCCC)ccc2O)c1. The van der Waals surface area contributed by atoms with Crippen molar-refractivity contribution in [2.45, 2.75) is 124 Å². The van der Waals surface area contributed by atoms with E-state index in [0.717, 1.165) is 75.3 Å². The van der Waals surface area contributed by atoms with Crippen molar-refractivity contribution in [1.82, 2.24) is 21.7 Å². The van der Waals surface area contributed by atoms with Crippen molar-refractivity contribution in [2.24, 2.45) is 5.41 Å². The standard InChI is InChI=1S/C36H54N4O6/c1-5-9-13-16-26-18-20-30(41)28(24-26)32(43)37-39-34(45)36(22-12-8-4,23-15-11-7-3)35(46)40-38-33(44)29-25-27(17-14-10-6-2)19-21-31(29)42/h18-21,24-25,41-42H,5-17,22-23H2,1-4H3,(H,37,43)(H,38,44)(H,39,45)(H,40,46). The van der Waals surface area contributed by atoms with Crippen LogP contribution in [0.2, 0.25) is 0 Å². The van der Waals surface area contributed by atoms with Gasteiger partial charge in [-0.2, -0.15) is 0 Å². The highest BCUT2D eigenvalue weighted by atomic mass is 16.3. The molecular formula is C36H54N4O6. The molecular weight excluding hydrogens is 584 g/mol. The molecule has 10 nitrogen and oxygen atoms in total. The summed E-state index contributed by atoms with van der Waals surface area (Å²) in [4.78, 5) is 53.8. The summed E-state index contributed by atoms with van der Waals surface area (Å²) in [6, 6.07) is 9.67. The Morgan fingerprint density at radius 1 is 0.543 bits per heavy atom. The van der Waals surface area contributed by atoms with Crippen molar-refractivity contribution in [1.29, 1.82) is 0 Å². The highest BCUT2D eigenvalue weighted by Crippen LogP contribution is 2.32. The fourth-order valence-corrected chi connectivity index (χ4v) is 5.44. The molecule has 0 aliphatic rings. The Hall–Kier alpha value is -4.08. The molecule has 4 amide bonds. The minimum absolute atomic E-state index is 0.0212. The van der Waals surface area contributed by atoms with E-state index in [2.05, 4.69) is 35.6 Å². The van der Waals surface area contributed by atoms with E-state index in [4.69, 9.17) is 0 Å². The first-order valence-electron chi connectivity index (χ1n) is 17.0. The number of hydrogen-bond donors (Lipinski definition) is 6. The van der Waals surface area contributed by atoms with Gasteiger partial charge in [-0.05, 0) is 73.9 Å². The van der Waals surface area contributed by atoms with Gasteiger partial charge in [0.1, 0.15) is 16.9 Å². The number of aryl methyl sites for hydroxylation is 2. The van der Waals surface area contributed by atoms with Crippen molar-refractivity contribution in [3.8, 4) is 11.5 Å². The maximum atomic E-state index is 13.8. The lowest BCUT2D eigenvalue weighted by molar-refractivity contribution is -0.146. The van der Waals surface area contributed by atoms with Crippen LogP contribution in [0.3, 0.4) is 0 Å². The van der Waals surface area contributed by atoms with Crippen LogP contribution < -0.4 is 21.7 Å². The van der Waals surface area contributed by atoms with Gasteiger partial charge in [0.05, 0.1) is 11.1 Å². The third kappa shape index (κ3) is 11.4. The monoisotopic (exact) mass is 638 g/mol. The highest BCUT2D eigenvalue weighted by Gasteiger charge is 2.45. The molecule has 46 heavy (non-hydrogen) atoms. The molecule has 0 radical (unpaired) electrons. The molecule has 0 aliphatic carbocycles. The number of hydrazine groups is 2. The molecule has 0 bridgehead atoms. The van der Waals surface area contributed by atoms with E-state index in [-0.39, 0.29) is 35.5 Å². The predicted octanol–water partition coefficient (Wildman–Crippen LogP) is 6.54. The average molecular weight is 639 g/mol. The smallest absolute Gasteiger partial charge is 0.273 e. The zero-order valence-electron chi connectivity index (χ0n) is 28.1. The van der Waals surface area contributed by atoms with E-state index in [9.17, 15) is 29.4 Å². The zero-order valence-corrected chi connectivity index (χ0v) is 28.1. The number of nitrogens with one attached hydrogen (secondary N) is 4. The maximum absolute atomic E-state index is 13.8. The van der Waals surface area contributed by atoms with Crippen LogP contribution in [0.5, 0.6) is 11.5 Å². The number of unbranched alkanes of at least 4 members (excludes halogenated alkanes) is 7. The van der Waals surface area contributed by atoms with E-state index in [0.29, 0.717) is 19.3 Å². The van der Waals surface area contributed by atoms with Crippen molar-refractivity contribution < 1.29 is 29.4 Å². The summed E-state index contributed by atoms with van der Waals surface area (Å²) in [7, 11) is 0. The van der Waals surface area contributed by atoms with Gasteiger partial charge in [0.2, 0.25) is 0 Å². The lowest BCUT2D eigenvalue weighted by Gasteiger charge is -2.31. The Balaban J connectivity index is 2.24. The van der Waals surface area contributed by atoms with E-state index in [1.807, 2.05) is 13.8 Å².